The third kappa shape index (κ3) is 2.32. The van der Waals surface area contributed by atoms with E-state index >= 15 is 0 Å². The summed E-state index contributed by atoms with van der Waals surface area (Å²) in [4.78, 5) is 8.55. The second kappa shape index (κ2) is 5.88. The van der Waals surface area contributed by atoms with Crippen molar-refractivity contribution in [2.45, 2.75) is 6.42 Å². The zero-order valence-corrected chi connectivity index (χ0v) is 14.5. The molecule has 1 aliphatic carbocycles. The van der Waals surface area contributed by atoms with Crippen molar-refractivity contribution in [2.75, 3.05) is 7.11 Å². The van der Waals surface area contributed by atoms with Crippen molar-refractivity contribution in [3.8, 4) is 39.7 Å². The van der Waals surface area contributed by atoms with E-state index in [0.29, 0.717) is 0 Å². The number of fused-ring (bicyclic) bond motifs is 5. The highest BCUT2D eigenvalue weighted by atomic mass is 16.5. The minimum Gasteiger partial charge on any atom is -0.497 e. The maximum atomic E-state index is 5.27. The number of nitrogens with one attached hydrogen (secondary N) is 1. The lowest BCUT2D eigenvalue weighted by molar-refractivity contribution is 0.415. The summed E-state index contributed by atoms with van der Waals surface area (Å²) in [5, 5.41) is 0. The molecule has 1 aliphatic rings. The van der Waals surface area contributed by atoms with E-state index in [1.54, 1.807) is 7.11 Å². The van der Waals surface area contributed by atoms with Gasteiger partial charge in [0.2, 0.25) is 0 Å². The number of hydrogen-bond acceptors (Lipinski definition) is 2. The van der Waals surface area contributed by atoms with E-state index < -0.39 is 0 Å². The first-order valence-corrected chi connectivity index (χ1v) is 8.74. The Balaban J connectivity index is 1.74. The fourth-order valence-corrected chi connectivity index (χ4v) is 3.68. The smallest absolute Gasteiger partial charge is 0.138 e. The summed E-state index contributed by atoms with van der Waals surface area (Å²) >= 11 is 0. The Bertz CT molecular complexity index is 1030. The van der Waals surface area contributed by atoms with Gasteiger partial charge in [-0.3, -0.25) is 0 Å². The molecule has 0 saturated carbocycles. The number of benzene rings is 3. The van der Waals surface area contributed by atoms with Crippen molar-refractivity contribution in [1.82, 2.24) is 9.97 Å². The molecule has 5 rings (SSSR count). The minimum atomic E-state index is 0.845. The summed E-state index contributed by atoms with van der Waals surface area (Å²) in [5.74, 6) is 1.72. The highest BCUT2D eigenvalue weighted by Gasteiger charge is 2.22. The zero-order chi connectivity index (χ0) is 17.5. The van der Waals surface area contributed by atoms with Gasteiger partial charge in [0.25, 0.3) is 0 Å². The van der Waals surface area contributed by atoms with Gasteiger partial charge in [-0.15, -0.1) is 0 Å². The Kier molecular flexibility index (Phi) is 3.39. The largest absolute Gasteiger partial charge is 0.497 e. The molecule has 0 saturated heterocycles. The minimum absolute atomic E-state index is 0.845. The zero-order valence-electron chi connectivity index (χ0n) is 14.5. The van der Waals surface area contributed by atoms with Crippen molar-refractivity contribution < 1.29 is 4.74 Å². The molecule has 0 unspecified atom stereocenters. The summed E-state index contributed by atoms with van der Waals surface area (Å²) in [7, 11) is 1.68. The predicted octanol–water partition coefficient (Wildman–Crippen LogP) is 5.32. The molecule has 0 atom stereocenters. The monoisotopic (exact) mass is 338 g/mol. The molecular weight excluding hydrogens is 320 g/mol. The molecule has 126 valence electrons. The van der Waals surface area contributed by atoms with Crippen LogP contribution >= 0.6 is 0 Å². The molecule has 0 amide bonds. The third-order valence-electron chi connectivity index (χ3n) is 5.01. The number of aromatic amines is 1. The molecule has 0 spiro atoms. The van der Waals surface area contributed by atoms with Crippen molar-refractivity contribution >= 4 is 0 Å². The Morgan fingerprint density at radius 2 is 1.46 bits per heavy atom. The Hall–Kier alpha value is -3.33. The average Bonchev–Trinajstić information content (AvgIpc) is 3.09. The van der Waals surface area contributed by atoms with Gasteiger partial charge >= 0.3 is 0 Å². The number of rotatable bonds is 2. The normalized spacial score (nSPS) is 11.9. The summed E-state index contributed by atoms with van der Waals surface area (Å²) in [5.41, 5.74) is 8.23. The summed E-state index contributed by atoms with van der Waals surface area (Å²) in [6.07, 6.45) is 0.925. The Morgan fingerprint density at radius 1 is 0.808 bits per heavy atom. The lowest BCUT2D eigenvalue weighted by atomic mass is 10.00. The first-order chi connectivity index (χ1) is 12.8. The van der Waals surface area contributed by atoms with E-state index in [2.05, 4.69) is 53.5 Å². The molecule has 3 nitrogen and oxygen atoms in total. The van der Waals surface area contributed by atoms with Crippen molar-refractivity contribution in [3.63, 3.8) is 0 Å². The Morgan fingerprint density at radius 3 is 2.19 bits per heavy atom. The number of H-pyrrole nitrogens is 1. The van der Waals surface area contributed by atoms with Gasteiger partial charge in [0.1, 0.15) is 11.6 Å². The fraction of sp³-hybridized carbons (Fsp3) is 0.0870. The van der Waals surface area contributed by atoms with Crippen LogP contribution in [0.2, 0.25) is 0 Å². The van der Waals surface area contributed by atoms with Crippen LogP contribution in [0.4, 0.5) is 0 Å². The molecule has 3 heteroatoms. The van der Waals surface area contributed by atoms with Crippen molar-refractivity contribution in [3.05, 3.63) is 83.9 Å². The molecule has 1 N–H and O–H groups in total. The third-order valence-corrected chi connectivity index (χ3v) is 5.01. The second-order valence-electron chi connectivity index (χ2n) is 6.53. The van der Waals surface area contributed by atoms with Gasteiger partial charge in [0.05, 0.1) is 18.5 Å². The van der Waals surface area contributed by atoms with Crippen molar-refractivity contribution in [1.29, 1.82) is 0 Å². The lowest BCUT2D eigenvalue weighted by Crippen LogP contribution is -1.91. The standard InChI is InChI=1S/C23H18N2O/c1-26-18-12-10-15(11-13-18)23-24-21-19-8-4-2-6-16(19)14-17-7-3-5-9-20(17)22(21)25-23/h2-13H,14H2,1H3,(H,24,25). The summed E-state index contributed by atoms with van der Waals surface area (Å²) < 4.78 is 5.27. The molecule has 26 heavy (non-hydrogen) atoms. The number of aromatic nitrogens is 2. The van der Waals surface area contributed by atoms with E-state index in [9.17, 15) is 0 Å². The number of ether oxygens (including phenoxy) is 1. The van der Waals surface area contributed by atoms with E-state index in [-0.39, 0.29) is 0 Å². The number of hydrogen-bond donors (Lipinski definition) is 1. The lowest BCUT2D eigenvalue weighted by Gasteiger charge is -2.06. The number of methoxy groups -OCH3 is 1. The van der Waals surface area contributed by atoms with Crippen LogP contribution in [0.25, 0.3) is 33.9 Å². The van der Waals surface area contributed by atoms with E-state index in [0.717, 1.165) is 34.9 Å². The van der Waals surface area contributed by atoms with Crippen LogP contribution in [0, 0.1) is 0 Å². The topological polar surface area (TPSA) is 37.9 Å². The maximum Gasteiger partial charge on any atom is 0.138 e. The molecular formula is C23H18N2O. The quantitative estimate of drug-likeness (QED) is 0.473. The van der Waals surface area contributed by atoms with Gasteiger partial charge in [-0.2, -0.15) is 0 Å². The van der Waals surface area contributed by atoms with Gasteiger partial charge in [-0.1, -0.05) is 48.5 Å². The molecule has 1 aromatic heterocycles. The molecule has 0 fully saturated rings. The molecule has 1 heterocycles. The summed E-state index contributed by atoms with van der Waals surface area (Å²) in [6.45, 7) is 0. The number of nitrogens with zero attached hydrogens (tertiary/aromatic N) is 1. The maximum absolute atomic E-state index is 5.27. The number of imidazole rings is 1. The van der Waals surface area contributed by atoms with Gasteiger partial charge in [-0.25, -0.2) is 4.98 Å². The average molecular weight is 338 g/mol. The van der Waals surface area contributed by atoms with Gasteiger partial charge < -0.3 is 9.72 Å². The van der Waals surface area contributed by atoms with Crippen molar-refractivity contribution in [2.24, 2.45) is 0 Å². The Labute approximate surface area is 152 Å². The molecule has 4 aromatic rings. The first kappa shape index (κ1) is 15.0. The highest BCUT2D eigenvalue weighted by molar-refractivity contribution is 5.86. The molecule has 0 bridgehead atoms. The predicted molar refractivity (Wildman–Crippen MR) is 104 cm³/mol. The SMILES string of the molecule is COc1ccc(-c2nc3c([nH]2)-c2ccccc2Cc2ccccc2-3)cc1. The van der Waals surface area contributed by atoms with Crippen LogP contribution in [-0.2, 0) is 6.42 Å². The molecule has 3 aromatic carbocycles. The van der Waals surface area contributed by atoms with Crippen LogP contribution in [0.1, 0.15) is 11.1 Å². The van der Waals surface area contributed by atoms with E-state index in [4.69, 9.17) is 9.72 Å². The van der Waals surface area contributed by atoms with Gasteiger partial charge in [0, 0.05) is 16.7 Å². The van der Waals surface area contributed by atoms with Crippen LogP contribution in [-0.4, -0.2) is 17.1 Å². The van der Waals surface area contributed by atoms with Crippen LogP contribution in [0.5, 0.6) is 5.75 Å². The molecule has 0 aliphatic heterocycles. The van der Waals surface area contributed by atoms with Crippen LogP contribution in [0.3, 0.4) is 0 Å². The summed E-state index contributed by atoms with van der Waals surface area (Å²) in [6, 6.07) is 25.1. The van der Waals surface area contributed by atoms with Gasteiger partial charge in [0.15, 0.2) is 0 Å². The van der Waals surface area contributed by atoms with E-state index in [1.807, 2.05) is 24.3 Å². The highest BCUT2D eigenvalue weighted by Crippen LogP contribution is 2.40. The second-order valence-corrected chi connectivity index (χ2v) is 6.53. The van der Waals surface area contributed by atoms with Crippen LogP contribution < -0.4 is 4.74 Å². The van der Waals surface area contributed by atoms with E-state index in [1.165, 1.54) is 22.3 Å². The first-order valence-electron chi connectivity index (χ1n) is 8.74. The van der Waals surface area contributed by atoms with Crippen LogP contribution in [0.15, 0.2) is 72.8 Å². The van der Waals surface area contributed by atoms with Gasteiger partial charge in [-0.05, 0) is 41.8 Å². The molecule has 0 radical (unpaired) electrons. The fourth-order valence-electron chi connectivity index (χ4n) is 3.68.